The molecule has 0 unspecified atom stereocenters. The highest BCUT2D eigenvalue weighted by Crippen LogP contribution is 2.19. The molecule has 0 spiro atoms. The number of rotatable bonds is 4. The average Bonchev–Trinajstić information content (AvgIpc) is 3.12. The summed E-state index contributed by atoms with van der Waals surface area (Å²) in [6, 6.07) is 9.83. The van der Waals surface area contributed by atoms with Crippen molar-refractivity contribution in [2.45, 2.75) is 24.7 Å². The van der Waals surface area contributed by atoms with Gasteiger partial charge in [0.2, 0.25) is 0 Å². The number of fused-ring (bicyclic) bond motifs is 1. The Balaban J connectivity index is 1.63. The zero-order chi connectivity index (χ0) is 13.9. The topological polar surface area (TPSA) is 54.3 Å². The number of hydrogen-bond acceptors (Lipinski definition) is 4. The van der Waals surface area contributed by atoms with Gasteiger partial charge in [-0.3, -0.25) is 4.79 Å². The number of carbonyl (C=O) groups excluding carboxylic acids is 1. The minimum Gasteiger partial charge on any atom is -0.445 e. The van der Waals surface area contributed by atoms with Crippen LogP contribution in [0.4, 0.5) is 0 Å². The lowest BCUT2D eigenvalue weighted by molar-refractivity contribution is 0.0918. The van der Waals surface area contributed by atoms with Crippen molar-refractivity contribution in [2.24, 2.45) is 0 Å². The number of thioether (sulfide) groups is 1. The number of furan rings is 1. The maximum absolute atomic E-state index is 12.0. The Kier molecular flexibility index (Phi) is 3.80. The molecule has 2 N–H and O–H groups in total. The number of hydrogen-bond donors (Lipinski definition) is 2. The molecular weight excluding hydrogens is 272 g/mol. The summed E-state index contributed by atoms with van der Waals surface area (Å²) in [5.41, 5.74) is 3.77. The first-order valence-electron chi connectivity index (χ1n) is 6.49. The fraction of sp³-hybridized carbons (Fsp3) is 0.267. The summed E-state index contributed by atoms with van der Waals surface area (Å²) in [6.07, 6.45) is 1.92. The van der Waals surface area contributed by atoms with E-state index in [1.54, 1.807) is 12.1 Å². The molecule has 20 heavy (non-hydrogen) atoms. The lowest BCUT2D eigenvalue weighted by atomic mass is 10.1. The minimum absolute atomic E-state index is 0.177. The van der Waals surface area contributed by atoms with Crippen LogP contribution in [-0.2, 0) is 19.6 Å². The molecule has 0 fully saturated rings. The van der Waals surface area contributed by atoms with E-state index in [2.05, 4.69) is 28.8 Å². The summed E-state index contributed by atoms with van der Waals surface area (Å²) >= 11 is 1.48. The first-order chi connectivity index (χ1) is 9.76. The van der Waals surface area contributed by atoms with Crippen LogP contribution in [0.25, 0.3) is 0 Å². The predicted molar refractivity (Wildman–Crippen MR) is 78.6 cm³/mol. The predicted octanol–water partition coefficient (Wildman–Crippen LogP) is 2.53. The zero-order valence-corrected chi connectivity index (χ0v) is 12.0. The molecule has 1 amide bonds. The largest absolute Gasteiger partial charge is 0.445 e. The molecule has 1 aromatic carbocycles. The number of benzene rings is 1. The van der Waals surface area contributed by atoms with E-state index in [9.17, 15) is 4.79 Å². The smallest absolute Gasteiger partial charge is 0.287 e. The van der Waals surface area contributed by atoms with Gasteiger partial charge in [-0.1, -0.05) is 30.0 Å². The summed E-state index contributed by atoms with van der Waals surface area (Å²) in [7, 11) is 0. The quantitative estimate of drug-likeness (QED) is 0.849. The number of carbonyl (C=O) groups is 1. The molecule has 0 atom stereocenters. The van der Waals surface area contributed by atoms with Crippen LogP contribution in [0.15, 0.2) is 39.8 Å². The lowest BCUT2D eigenvalue weighted by Gasteiger charge is -2.05. The third kappa shape index (κ3) is 2.73. The third-order valence-electron chi connectivity index (χ3n) is 3.36. The highest BCUT2D eigenvalue weighted by Gasteiger charge is 2.12. The molecule has 0 bridgehead atoms. The Morgan fingerprint density at radius 3 is 2.95 bits per heavy atom. The van der Waals surface area contributed by atoms with Crippen molar-refractivity contribution in [1.82, 2.24) is 10.6 Å². The van der Waals surface area contributed by atoms with E-state index in [0.29, 0.717) is 12.3 Å². The number of amides is 1. The summed E-state index contributed by atoms with van der Waals surface area (Å²) < 4.78 is 5.40. The van der Waals surface area contributed by atoms with Crippen LogP contribution >= 0.6 is 11.8 Å². The maximum atomic E-state index is 12.0. The monoisotopic (exact) mass is 288 g/mol. The molecule has 3 rings (SSSR count). The Hall–Kier alpha value is -1.72. The average molecular weight is 288 g/mol. The van der Waals surface area contributed by atoms with Crippen LogP contribution < -0.4 is 10.6 Å². The van der Waals surface area contributed by atoms with E-state index in [4.69, 9.17) is 4.42 Å². The number of nitrogens with one attached hydrogen (secondary N) is 2. The van der Waals surface area contributed by atoms with E-state index < -0.39 is 0 Å². The lowest BCUT2D eigenvalue weighted by Crippen LogP contribution is -2.22. The second-order valence-electron chi connectivity index (χ2n) is 4.71. The van der Waals surface area contributed by atoms with E-state index in [1.165, 1.54) is 22.9 Å². The van der Waals surface area contributed by atoms with E-state index in [1.807, 2.05) is 6.26 Å². The summed E-state index contributed by atoms with van der Waals surface area (Å²) in [6.45, 7) is 2.36. The van der Waals surface area contributed by atoms with Gasteiger partial charge in [-0.2, -0.15) is 0 Å². The van der Waals surface area contributed by atoms with Gasteiger partial charge in [0.15, 0.2) is 10.9 Å². The molecule has 104 valence electrons. The first kappa shape index (κ1) is 13.3. The highest BCUT2D eigenvalue weighted by atomic mass is 32.2. The normalized spacial score (nSPS) is 13.2. The standard InChI is InChI=1S/C15H16N2O2S/c1-20-14-5-4-13(19-14)15(18)17-7-10-2-3-11-8-16-9-12(11)6-10/h2-6,16H,7-9H2,1H3,(H,17,18). The molecule has 0 saturated carbocycles. The highest BCUT2D eigenvalue weighted by molar-refractivity contribution is 7.98. The zero-order valence-electron chi connectivity index (χ0n) is 11.2. The van der Waals surface area contributed by atoms with Crippen LogP contribution in [0.2, 0.25) is 0 Å². The molecule has 1 aromatic heterocycles. The first-order valence-corrected chi connectivity index (χ1v) is 7.72. The minimum atomic E-state index is -0.177. The molecule has 1 aliphatic rings. The van der Waals surface area contributed by atoms with Crippen molar-refractivity contribution in [3.05, 3.63) is 52.8 Å². The maximum Gasteiger partial charge on any atom is 0.287 e. The molecule has 2 aromatic rings. The molecule has 0 saturated heterocycles. The Labute approximate surface area is 121 Å². The molecule has 5 heteroatoms. The molecular formula is C15H16N2O2S. The van der Waals surface area contributed by atoms with Crippen molar-refractivity contribution in [1.29, 1.82) is 0 Å². The molecule has 1 aliphatic heterocycles. The molecule has 2 heterocycles. The van der Waals surface area contributed by atoms with Gasteiger partial charge in [0.05, 0.1) is 0 Å². The Morgan fingerprint density at radius 1 is 1.30 bits per heavy atom. The molecule has 4 nitrogen and oxygen atoms in total. The molecule has 0 radical (unpaired) electrons. The second-order valence-corrected chi connectivity index (χ2v) is 5.52. The van der Waals surface area contributed by atoms with Crippen LogP contribution in [0.3, 0.4) is 0 Å². The van der Waals surface area contributed by atoms with Gasteiger partial charge in [0.25, 0.3) is 5.91 Å². The van der Waals surface area contributed by atoms with Crippen molar-refractivity contribution < 1.29 is 9.21 Å². The van der Waals surface area contributed by atoms with E-state index in [-0.39, 0.29) is 5.91 Å². The molecule has 0 aliphatic carbocycles. The van der Waals surface area contributed by atoms with E-state index >= 15 is 0 Å². The van der Waals surface area contributed by atoms with Gasteiger partial charge in [-0.25, -0.2) is 0 Å². The fourth-order valence-corrected chi connectivity index (χ4v) is 2.66. The van der Waals surface area contributed by atoms with Gasteiger partial charge < -0.3 is 15.1 Å². The third-order valence-corrected chi connectivity index (χ3v) is 3.98. The van der Waals surface area contributed by atoms with E-state index in [0.717, 1.165) is 23.7 Å². The second kappa shape index (κ2) is 5.73. The van der Waals surface area contributed by atoms with Gasteiger partial charge in [0.1, 0.15) is 0 Å². The van der Waals surface area contributed by atoms with Crippen LogP contribution in [0.1, 0.15) is 27.2 Å². The SMILES string of the molecule is CSc1ccc(C(=O)NCc2ccc3c(c2)CNC3)o1. The Bertz CT molecular complexity index is 637. The van der Waals surface area contributed by atoms with Crippen LogP contribution in [0.5, 0.6) is 0 Å². The summed E-state index contributed by atoms with van der Waals surface area (Å²) in [4.78, 5) is 12.0. The van der Waals surface area contributed by atoms with Gasteiger partial charge in [-0.15, -0.1) is 0 Å². The Morgan fingerprint density at radius 2 is 2.15 bits per heavy atom. The van der Waals surface area contributed by atoms with Crippen LogP contribution in [-0.4, -0.2) is 12.2 Å². The van der Waals surface area contributed by atoms with Crippen molar-refractivity contribution >= 4 is 17.7 Å². The fourth-order valence-electron chi connectivity index (χ4n) is 2.28. The van der Waals surface area contributed by atoms with Gasteiger partial charge in [0, 0.05) is 19.6 Å². The van der Waals surface area contributed by atoms with Crippen molar-refractivity contribution in [2.75, 3.05) is 6.26 Å². The van der Waals surface area contributed by atoms with Gasteiger partial charge in [-0.05, 0) is 35.1 Å². The summed E-state index contributed by atoms with van der Waals surface area (Å²) in [5, 5.41) is 6.94. The van der Waals surface area contributed by atoms with Crippen LogP contribution in [0, 0.1) is 0 Å². The summed E-state index contributed by atoms with van der Waals surface area (Å²) in [5.74, 6) is 0.182. The van der Waals surface area contributed by atoms with Crippen molar-refractivity contribution in [3.63, 3.8) is 0 Å². The van der Waals surface area contributed by atoms with Crippen molar-refractivity contribution in [3.8, 4) is 0 Å². The van der Waals surface area contributed by atoms with Gasteiger partial charge >= 0.3 is 0 Å².